The Labute approximate surface area is 222 Å². The van der Waals surface area contributed by atoms with Gasteiger partial charge in [-0.25, -0.2) is 4.98 Å². The Kier molecular flexibility index (Phi) is 7.14. The number of rotatable bonds is 7. The first-order chi connectivity index (χ1) is 18.7. The standard InChI is InChI=1S/C32H33FN2O3/c33-15-3-16-35-17-14-27(20-35)38-26-6-1-4-22(8-11-26)32-28(24-9-13-30-31(19-24)37-21-34-30)7-2-5-23-18-25(36)10-12-29(23)32/h1,4,8-13,18-19,21,27,36H,2-3,5-7,14-17,20H2/t27-/m0/s1. The van der Waals surface area contributed by atoms with E-state index in [1.54, 1.807) is 6.07 Å². The summed E-state index contributed by atoms with van der Waals surface area (Å²) in [6.45, 7) is 2.35. The summed E-state index contributed by atoms with van der Waals surface area (Å²) in [5, 5.41) is 10.2. The summed E-state index contributed by atoms with van der Waals surface area (Å²) in [5.74, 6) is 1.26. The summed E-state index contributed by atoms with van der Waals surface area (Å²) in [6, 6.07) is 12.0. The fourth-order valence-corrected chi connectivity index (χ4v) is 5.89. The van der Waals surface area contributed by atoms with E-state index in [0.717, 1.165) is 90.9 Å². The number of oxazole rings is 1. The van der Waals surface area contributed by atoms with Crippen LogP contribution in [0.15, 0.2) is 82.8 Å². The molecule has 1 N–H and O–H groups in total. The molecule has 0 amide bonds. The first-order valence-electron chi connectivity index (χ1n) is 13.6. The Bertz CT molecular complexity index is 1450. The Morgan fingerprint density at radius 2 is 2.08 bits per heavy atom. The largest absolute Gasteiger partial charge is 0.508 e. The Morgan fingerprint density at radius 3 is 3.00 bits per heavy atom. The van der Waals surface area contributed by atoms with Gasteiger partial charge in [-0.05, 0) is 95.9 Å². The number of alkyl halides is 1. The Morgan fingerprint density at radius 1 is 1.13 bits per heavy atom. The molecule has 1 aromatic heterocycles. The van der Waals surface area contributed by atoms with Crippen LogP contribution in [0.3, 0.4) is 0 Å². The monoisotopic (exact) mass is 512 g/mol. The van der Waals surface area contributed by atoms with Crippen molar-refractivity contribution in [2.75, 3.05) is 26.3 Å². The molecule has 3 aliphatic rings. The predicted octanol–water partition coefficient (Wildman–Crippen LogP) is 7.00. The average molecular weight is 513 g/mol. The highest BCUT2D eigenvalue weighted by Gasteiger charge is 2.25. The van der Waals surface area contributed by atoms with Crippen molar-refractivity contribution < 1.29 is 18.7 Å². The zero-order valence-electron chi connectivity index (χ0n) is 21.5. The van der Waals surface area contributed by atoms with Gasteiger partial charge in [-0.15, -0.1) is 0 Å². The summed E-state index contributed by atoms with van der Waals surface area (Å²) in [7, 11) is 0. The first-order valence-corrected chi connectivity index (χ1v) is 13.6. The summed E-state index contributed by atoms with van der Waals surface area (Å²) in [5.41, 5.74) is 8.65. The van der Waals surface area contributed by atoms with E-state index in [-0.39, 0.29) is 12.8 Å². The van der Waals surface area contributed by atoms with Crippen molar-refractivity contribution >= 4 is 22.2 Å². The molecule has 1 aliphatic heterocycles. The number of phenols is 1. The quantitative estimate of drug-likeness (QED) is 0.369. The van der Waals surface area contributed by atoms with Crippen LogP contribution in [-0.4, -0.2) is 47.4 Å². The highest BCUT2D eigenvalue weighted by molar-refractivity contribution is 6.02. The normalized spacial score (nSPS) is 20.2. The smallest absolute Gasteiger partial charge is 0.181 e. The van der Waals surface area contributed by atoms with Crippen molar-refractivity contribution in [2.24, 2.45) is 0 Å². The number of ether oxygens (including phenoxy) is 1. The molecule has 0 unspecified atom stereocenters. The van der Waals surface area contributed by atoms with Gasteiger partial charge in [-0.3, -0.25) is 9.29 Å². The number of aryl methyl sites for hydroxylation is 1. The molecule has 3 aromatic rings. The Hall–Kier alpha value is -3.64. The maximum absolute atomic E-state index is 12.6. The topological polar surface area (TPSA) is 58.7 Å². The molecular weight excluding hydrogens is 479 g/mol. The third-order valence-electron chi connectivity index (χ3n) is 7.72. The molecule has 6 rings (SSSR count). The molecular formula is C32H33FN2O3. The molecule has 2 aromatic carbocycles. The summed E-state index contributed by atoms with van der Waals surface area (Å²) >= 11 is 0. The van der Waals surface area contributed by atoms with Gasteiger partial charge in [-0.1, -0.05) is 30.4 Å². The van der Waals surface area contributed by atoms with Crippen LogP contribution in [0.5, 0.6) is 5.75 Å². The molecule has 0 spiro atoms. The lowest BCUT2D eigenvalue weighted by Gasteiger charge is -2.17. The Balaban J connectivity index is 1.36. The lowest BCUT2D eigenvalue weighted by atomic mass is 9.87. The third kappa shape index (κ3) is 5.18. The number of hydrogen-bond acceptors (Lipinski definition) is 5. The van der Waals surface area contributed by atoms with E-state index >= 15 is 0 Å². The maximum atomic E-state index is 12.6. The van der Waals surface area contributed by atoms with Gasteiger partial charge in [0.1, 0.15) is 23.1 Å². The van der Waals surface area contributed by atoms with Crippen LogP contribution in [0, 0.1) is 0 Å². The molecule has 2 heterocycles. The number of benzene rings is 2. The second-order valence-electron chi connectivity index (χ2n) is 10.3. The summed E-state index contributed by atoms with van der Waals surface area (Å²) in [6.07, 6.45) is 15.4. The van der Waals surface area contributed by atoms with Gasteiger partial charge in [0.25, 0.3) is 0 Å². The molecule has 1 fully saturated rings. The number of fused-ring (bicyclic) bond motifs is 2. The van der Waals surface area contributed by atoms with Gasteiger partial charge in [-0.2, -0.15) is 0 Å². The van der Waals surface area contributed by atoms with E-state index < -0.39 is 0 Å². The number of aromatic hydroxyl groups is 1. The molecule has 1 saturated heterocycles. The fourth-order valence-electron chi connectivity index (χ4n) is 5.89. The predicted molar refractivity (Wildman–Crippen MR) is 148 cm³/mol. The maximum Gasteiger partial charge on any atom is 0.181 e. The van der Waals surface area contributed by atoms with Crippen LogP contribution in [0.2, 0.25) is 0 Å². The van der Waals surface area contributed by atoms with Crippen molar-refractivity contribution in [3.8, 4) is 5.75 Å². The highest BCUT2D eigenvalue weighted by Crippen LogP contribution is 2.42. The third-order valence-corrected chi connectivity index (χ3v) is 7.72. The van der Waals surface area contributed by atoms with E-state index in [4.69, 9.17) is 9.15 Å². The van der Waals surface area contributed by atoms with Crippen molar-refractivity contribution in [3.05, 3.63) is 95.1 Å². The van der Waals surface area contributed by atoms with Gasteiger partial charge in [0.15, 0.2) is 12.0 Å². The summed E-state index contributed by atoms with van der Waals surface area (Å²) < 4.78 is 24.6. The minimum absolute atomic E-state index is 0.147. The average Bonchev–Trinajstić information content (AvgIpc) is 3.46. The molecule has 0 radical (unpaired) electrons. The second-order valence-corrected chi connectivity index (χ2v) is 10.3. The second kappa shape index (κ2) is 11.0. The number of halogens is 1. The van der Waals surface area contributed by atoms with Crippen LogP contribution in [0.1, 0.15) is 48.8 Å². The molecule has 196 valence electrons. The number of aromatic nitrogens is 1. The van der Waals surface area contributed by atoms with E-state index in [2.05, 4.69) is 46.3 Å². The van der Waals surface area contributed by atoms with Crippen molar-refractivity contribution in [3.63, 3.8) is 0 Å². The molecule has 1 atom stereocenters. The van der Waals surface area contributed by atoms with Gasteiger partial charge >= 0.3 is 0 Å². The summed E-state index contributed by atoms with van der Waals surface area (Å²) in [4.78, 5) is 6.58. The number of likely N-dealkylation sites (tertiary alicyclic amines) is 1. The number of nitrogens with zero attached hydrogens (tertiary/aromatic N) is 2. The molecule has 0 bridgehead atoms. The van der Waals surface area contributed by atoms with Crippen LogP contribution in [-0.2, 0) is 11.2 Å². The van der Waals surface area contributed by atoms with Crippen LogP contribution in [0.25, 0.3) is 22.2 Å². The minimum atomic E-state index is -0.265. The van der Waals surface area contributed by atoms with E-state index in [0.29, 0.717) is 12.2 Å². The highest BCUT2D eigenvalue weighted by atomic mass is 19.1. The van der Waals surface area contributed by atoms with Crippen molar-refractivity contribution in [1.29, 1.82) is 0 Å². The van der Waals surface area contributed by atoms with E-state index in [1.807, 2.05) is 18.2 Å². The molecule has 0 saturated carbocycles. The van der Waals surface area contributed by atoms with Crippen LogP contribution >= 0.6 is 0 Å². The SMILES string of the molecule is Oc1ccc2c(c1)CCCC(c1ccc3ncoc3c1)=C2C1=CC=C(O[C@H]2CCN(CCCF)C2)CC=C1. The van der Waals surface area contributed by atoms with Gasteiger partial charge in [0, 0.05) is 26.1 Å². The molecule has 6 heteroatoms. The molecule has 2 aliphatic carbocycles. The van der Waals surface area contributed by atoms with Gasteiger partial charge in [0.2, 0.25) is 0 Å². The number of phenolic OH excluding ortho intramolecular Hbond substituents is 1. The zero-order chi connectivity index (χ0) is 25.9. The zero-order valence-corrected chi connectivity index (χ0v) is 21.5. The van der Waals surface area contributed by atoms with E-state index in [1.165, 1.54) is 17.5 Å². The number of allylic oxidation sites excluding steroid dienone is 7. The number of hydrogen-bond donors (Lipinski definition) is 1. The van der Waals surface area contributed by atoms with Gasteiger partial charge < -0.3 is 14.3 Å². The molecule has 38 heavy (non-hydrogen) atoms. The van der Waals surface area contributed by atoms with Crippen LogP contribution in [0.4, 0.5) is 4.39 Å². The fraction of sp³-hybridized carbons (Fsp3) is 0.344. The lowest BCUT2D eigenvalue weighted by molar-refractivity contribution is 0.117. The van der Waals surface area contributed by atoms with Crippen LogP contribution < -0.4 is 0 Å². The lowest BCUT2D eigenvalue weighted by Crippen LogP contribution is -2.24. The first kappa shape index (κ1) is 24.7. The minimum Gasteiger partial charge on any atom is -0.508 e. The van der Waals surface area contributed by atoms with E-state index in [9.17, 15) is 9.50 Å². The van der Waals surface area contributed by atoms with Gasteiger partial charge in [0.05, 0.1) is 6.67 Å². The molecule has 5 nitrogen and oxygen atoms in total. The van der Waals surface area contributed by atoms with Crippen molar-refractivity contribution in [1.82, 2.24) is 9.88 Å². The van der Waals surface area contributed by atoms with Crippen molar-refractivity contribution in [2.45, 2.75) is 44.6 Å².